The molecule has 9 heteroatoms. The number of nitrogens with one attached hydrogen (secondary N) is 1. The van der Waals surface area contributed by atoms with E-state index in [0.717, 1.165) is 48.5 Å². The second kappa shape index (κ2) is 6.73. The van der Waals surface area contributed by atoms with Gasteiger partial charge in [-0.1, -0.05) is 0 Å². The van der Waals surface area contributed by atoms with Gasteiger partial charge in [-0.25, -0.2) is 19.2 Å². The highest BCUT2D eigenvalue weighted by atomic mass is 16.5. The molecule has 0 bridgehead atoms. The van der Waals surface area contributed by atoms with E-state index in [-0.39, 0.29) is 23.4 Å². The Morgan fingerprint density at radius 3 is 2.73 bits per heavy atom. The quantitative estimate of drug-likeness (QED) is 0.562. The summed E-state index contributed by atoms with van der Waals surface area (Å²) in [4.78, 5) is 25.4. The molecule has 2 fully saturated rings. The average molecular weight is 405 g/mol. The predicted molar refractivity (Wildman–Crippen MR) is 110 cm³/mol. The number of aryl methyl sites for hydroxylation is 1. The fraction of sp³-hybridized carbons (Fsp3) is 0.476. The molecular weight excluding hydrogens is 382 g/mol. The van der Waals surface area contributed by atoms with Crippen LogP contribution >= 0.6 is 0 Å². The van der Waals surface area contributed by atoms with Crippen molar-refractivity contribution in [3.63, 3.8) is 0 Å². The highest BCUT2D eigenvalue weighted by Crippen LogP contribution is 2.47. The van der Waals surface area contributed by atoms with Gasteiger partial charge in [0.2, 0.25) is 0 Å². The molecule has 4 aromatic heterocycles. The SMILES string of the molecule is Cc1ccc2nc([C@H]3CC[C@@H]3c3nc4c(cnn4C4CCOCC4)c(=O)[nH]3)cn2n1. The molecule has 5 heterocycles. The van der Waals surface area contributed by atoms with Gasteiger partial charge in [0.1, 0.15) is 11.2 Å². The third-order valence-electron chi connectivity index (χ3n) is 6.50. The molecule has 1 N–H and O–H groups in total. The van der Waals surface area contributed by atoms with Gasteiger partial charge in [0.25, 0.3) is 5.56 Å². The molecule has 0 radical (unpaired) electrons. The largest absolute Gasteiger partial charge is 0.381 e. The van der Waals surface area contributed by atoms with Gasteiger partial charge in [-0.3, -0.25) is 4.79 Å². The summed E-state index contributed by atoms with van der Waals surface area (Å²) in [6.45, 7) is 3.40. The van der Waals surface area contributed by atoms with Crippen LogP contribution in [0.3, 0.4) is 0 Å². The number of aromatic nitrogens is 7. The van der Waals surface area contributed by atoms with Crippen molar-refractivity contribution in [2.45, 2.75) is 50.5 Å². The number of H-pyrrole nitrogens is 1. The summed E-state index contributed by atoms with van der Waals surface area (Å²) >= 11 is 0. The van der Waals surface area contributed by atoms with E-state index in [2.05, 4.69) is 15.2 Å². The van der Waals surface area contributed by atoms with E-state index < -0.39 is 0 Å². The third-order valence-corrected chi connectivity index (χ3v) is 6.50. The molecule has 2 aliphatic rings. The summed E-state index contributed by atoms with van der Waals surface area (Å²) in [5, 5.41) is 9.55. The number of imidazole rings is 1. The summed E-state index contributed by atoms with van der Waals surface area (Å²) in [5.41, 5.74) is 3.36. The van der Waals surface area contributed by atoms with Crippen molar-refractivity contribution in [1.29, 1.82) is 0 Å². The van der Waals surface area contributed by atoms with Gasteiger partial charge in [-0.05, 0) is 44.7 Å². The molecule has 1 saturated carbocycles. The second-order valence-corrected chi connectivity index (χ2v) is 8.35. The standard InChI is InChI=1S/C21H23N7O2/c1-12-2-5-18-23-17(11-27(18)26-12)14-3-4-15(14)19-24-20-16(21(29)25-19)10-22-28(20)13-6-8-30-9-7-13/h2,5,10-11,13-15H,3-4,6-9H2,1H3,(H,24,25,29)/t14-,15-/m0/s1. The molecule has 0 unspecified atom stereocenters. The molecule has 1 aliphatic heterocycles. The normalized spacial score (nSPS) is 22.6. The zero-order chi connectivity index (χ0) is 20.2. The monoisotopic (exact) mass is 405 g/mol. The van der Waals surface area contributed by atoms with Crippen LogP contribution in [0.1, 0.15) is 60.8 Å². The topological polar surface area (TPSA) is 103 Å². The molecule has 9 nitrogen and oxygen atoms in total. The van der Waals surface area contributed by atoms with Crippen molar-refractivity contribution < 1.29 is 4.74 Å². The van der Waals surface area contributed by atoms with Crippen molar-refractivity contribution in [1.82, 2.24) is 34.3 Å². The molecule has 1 saturated heterocycles. The Kier molecular flexibility index (Phi) is 3.98. The molecule has 0 spiro atoms. The Morgan fingerprint density at radius 1 is 1.10 bits per heavy atom. The van der Waals surface area contributed by atoms with E-state index in [1.54, 1.807) is 6.20 Å². The minimum atomic E-state index is -0.119. The van der Waals surface area contributed by atoms with Crippen molar-refractivity contribution in [3.05, 3.63) is 52.1 Å². The molecule has 2 atom stereocenters. The number of aromatic amines is 1. The predicted octanol–water partition coefficient (Wildman–Crippen LogP) is 2.48. The van der Waals surface area contributed by atoms with E-state index in [1.165, 1.54) is 0 Å². The van der Waals surface area contributed by atoms with E-state index >= 15 is 0 Å². The molecule has 0 amide bonds. The van der Waals surface area contributed by atoms with Crippen LogP contribution in [0.5, 0.6) is 0 Å². The lowest BCUT2D eigenvalue weighted by atomic mass is 9.71. The van der Waals surface area contributed by atoms with Crippen molar-refractivity contribution in [2.75, 3.05) is 13.2 Å². The van der Waals surface area contributed by atoms with Gasteiger partial charge in [-0.15, -0.1) is 0 Å². The highest BCUT2D eigenvalue weighted by Gasteiger charge is 2.37. The van der Waals surface area contributed by atoms with E-state index in [0.29, 0.717) is 24.2 Å². The first-order chi connectivity index (χ1) is 14.7. The number of fused-ring (bicyclic) bond motifs is 2. The fourth-order valence-electron chi connectivity index (χ4n) is 4.68. The Labute approximate surface area is 172 Å². The first-order valence-electron chi connectivity index (χ1n) is 10.6. The van der Waals surface area contributed by atoms with E-state index in [4.69, 9.17) is 14.7 Å². The molecule has 6 rings (SSSR count). The molecule has 4 aromatic rings. The average Bonchev–Trinajstić information content (AvgIpc) is 3.32. The van der Waals surface area contributed by atoms with E-state index in [9.17, 15) is 4.79 Å². The number of hydrogen-bond donors (Lipinski definition) is 1. The lowest BCUT2D eigenvalue weighted by Gasteiger charge is -2.34. The number of rotatable bonds is 3. The maximum absolute atomic E-state index is 12.8. The fourth-order valence-corrected chi connectivity index (χ4v) is 4.68. The van der Waals surface area contributed by atoms with Gasteiger partial charge >= 0.3 is 0 Å². The Hall–Kier alpha value is -3.07. The highest BCUT2D eigenvalue weighted by molar-refractivity contribution is 5.73. The molecule has 154 valence electrons. The Balaban J connectivity index is 1.37. The lowest BCUT2D eigenvalue weighted by Crippen LogP contribution is -2.27. The van der Waals surface area contributed by atoms with Crippen molar-refractivity contribution in [3.8, 4) is 0 Å². The summed E-state index contributed by atoms with van der Waals surface area (Å²) in [6, 6.07) is 4.18. The molecular formula is C21H23N7O2. The van der Waals surface area contributed by atoms with Crippen LogP contribution in [0, 0.1) is 6.92 Å². The summed E-state index contributed by atoms with van der Waals surface area (Å²) in [7, 11) is 0. The zero-order valence-electron chi connectivity index (χ0n) is 16.8. The Bertz CT molecular complexity index is 1300. The maximum Gasteiger partial charge on any atom is 0.262 e. The van der Waals surface area contributed by atoms with Crippen LogP contribution in [0.2, 0.25) is 0 Å². The Morgan fingerprint density at radius 2 is 1.93 bits per heavy atom. The minimum absolute atomic E-state index is 0.119. The third kappa shape index (κ3) is 2.76. The molecule has 30 heavy (non-hydrogen) atoms. The maximum atomic E-state index is 12.8. The minimum Gasteiger partial charge on any atom is -0.381 e. The second-order valence-electron chi connectivity index (χ2n) is 8.35. The summed E-state index contributed by atoms with van der Waals surface area (Å²) in [5.74, 6) is 1.11. The van der Waals surface area contributed by atoms with E-state index in [1.807, 2.05) is 34.5 Å². The number of nitrogens with zero attached hydrogens (tertiary/aromatic N) is 6. The van der Waals surface area contributed by atoms with Crippen molar-refractivity contribution in [2.24, 2.45) is 0 Å². The van der Waals surface area contributed by atoms with Gasteiger partial charge < -0.3 is 9.72 Å². The smallest absolute Gasteiger partial charge is 0.262 e. The molecule has 0 aromatic carbocycles. The van der Waals surface area contributed by atoms with Gasteiger partial charge in [0.15, 0.2) is 11.3 Å². The lowest BCUT2D eigenvalue weighted by molar-refractivity contribution is 0.0673. The first-order valence-corrected chi connectivity index (χ1v) is 10.6. The van der Waals surface area contributed by atoms with Gasteiger partial charge in [0.05, 0.1) is 29.8 Å². The molecule has 1 aliphatic carbocycles. The number of ether oxygens (including phenoxy) is 1. The van der Waals surface area contributed by atoms with Crippen LogP contribution in [0.25, 0.3) is 16.7 Å². The van der Waals surface area contributed by atoms with Crippen LogP contribution in [0.4, 0.5) is 0 Å². The number of hydrogen-bond acceptors (Lipinski definition) is 6. The van der Waals surface area contributed by atoms with Gasteiger partial charge in [-0.2, -0.15) is 10.2 Å². The van der Waals surface area contributed by atoms with Crippen LogP contribution in [-0.2, 0) is 4.74 Å². The zero-order valence-corrected chi connectivity index (χ0v) is 16.8. The summed E-state index contributed by atoms with van der Waals surface area (Å²) < 4.78 is 9.23. The van der Waals surface area contributed by atoms with Crippen LogP contribution in [0.15, 0.2) is 29.3 Å². The van der Waals surface area contributed by atoms with Crippen LogP contribution < -0.4 is 5.56 Å². The first kappa shape index (κ1) is 17.8. The van der Waals surface area contributed by atoms with Gasteiger partial charge in [0, 0.05) is 25.0 Å². The summed E-state index contributed by atoms with van der Waals surface area (Å²) in [6.07, 6.45) is 7.41. The van der Waals surface area contributed by atoms with Crippen molar-refractivity contribution >= 4 is 16.7 Å². The van der Waals surface area contributed by atoms with Crippen LogP contribution in [-0.4, -0.2) is 47.6 Å².